The molecule has 1 saturated heterocycles. The van der Waals surface area contributed by atoms with Gasteiger partial charge in [0.05, 0.1) is 18.0 Å². The molecule has 5 nitrogen and oxygen atoms in total. The Morgan fingerprint density at radius 3 is 2.48 bits per heavy atom. The van der Waals surface area contributed by atoms with Crippen LogP contribution in [0.15, 0.2) is 24.3 Å². The first kappa shape index (κ1) is 22.3. The maximum atomic E-state index is 14.1. The lowest BCUT2D eigenvalue weighted by Gasteiger charge is -2.52. The summed E-state index contributed by atoms with van der Waals surface area (Å²) < 4.78 is 5.30. The van der Waals surface area contributed by atoms with Gasteiger partial charge in [-0.25, -0.2) is 0 Å². The van der Waals surface area contributed by atoms with Crippen molar-refractivity contribution in [1.29, 1.82) is 0 Å². The van der Waals surface area contributed by atoms with Crippen LogP contribution in [0.3, 0.4) is 0 Å². The van der Waals surface area contributed by atoms with Gasteiger partial charge in [0.2, 0.25) is 5.91 Å². The molecule has 1 aromatic carbocycles. The van der Waals surface area contributed by atoms with Crippen LogP contribution >= 0.6 is 0 Å². The number of hydrogen-bond donors (Lipinski definition) is 1. The van der Waals surface area contributed by atoms with Gasteiger partial charge >= 0.3 is 5.97 Å². The Bertz CT molecular complexity index is 792. The fraction of sp³-hybridized carbons (Fsp3) is 0.692. The molecule has 1 atom stereocenters. The van der Waals surface area contributed by atoms with Gasteiger partial charge in [-0.1, -0.05) is 38.1 Å². The van der Waals surface area contributed by atoms with E-state index in [9.17, 15) is 9.59 Å². The van der Waals surface area contributed by atoms with Crippen molar-refractivity contribution in [2.75, 3.05) is 26.2 Å². The highest BCUT2D eigenvalue weighted by atomic mass is 16.5. The summed E-state index contributed by atoms with van der Waals surface area (Å²) in [6, 6.07) is 8.77. The number of esters is 1. The molecule has 1 unspecified atom stereocenters. The number of fused-ring (bicyclic) bond motifs is 2. The fourth-order valence-electron chi connectivity index (χ4n) is 6.38. The van der Waals surface area contributed by atoms with Gasteiger partial charge in [0.15, 0.2) is 0 Å². The van der Waals surface area contributed by atoms with Gasteiger partial charge in [-0.3, -0.25) is 9.59 Å². The van der Waals surface area contributed by atoms with Crippen LogP contribution in [0.4, 0.5) is 0 Å². The lowest BCUT2D eigenvalue weighted by Crippen LogP contribution is -2.58. The van der Waals surface area contributed by atoms with E-state index in [-0.39, 0.29) is 24.5 Å². The van der Waals surface area contributed by atoms with Gasteiger partial charge < -0.3 is 15.0 Å². The Balaban J connectivity index is 1.69. The second kappa shape index (κ2) is 9.32. The Morgan fingerprint density at radius 1 is 1.16 bits per heavy atom. The number of ether oxygens (including phenoxy) is 1. The predicted octanol–water partition coefficient (Wildman–Crippen LogP) is 4.22. The van der Waals surface area contributed by atoms with Gasteiger partial charge in [0.25, 0.3) is 0 Å². The van der Waals surface area contributed by atoms with E-state index in [1.165, 1.54) is 30.9 Å². The van der Waals surface area contributed by atoms with Crippen LogP contribution in [-0.4, -0.2) is 43.0 Å². The van der Waals surface area contributed by atoms with Crippen molar-refractivity contribution in [3.05, 3.63) is 35.4 Å². The average Bonchev–Trinajstić information content (AvgIpc) is 2.78. The van der Waals surface area contributed by atoms with Gasteiger partial charge in [-0.05, 0) is 80.5 Å². The molecule has 0 radical (unpaired) electrons. The van der Waals surface area contributed by atoms with Crippen LogP contribution in [-0.2, 0) is 19.7 Å². The topological polar surface area (TPSA) is 58.6 Å². The highest BCUT2D eigenvalue weighted by Crippen LogP contribution is 2.51. The summed E-state index contributed by atoms with van der Waals surface area (Å²) in [6.07, 6.45) is 6.46. The fourth-order valence-corrected chi connectivity index (χ4v) is 6.38. The molecule has 0 bridgehead atoms. The van der Waals surface area contributed by atoms with E-state index >= 15 is 0 Å². The first-order valence-corrected chi connectivity index (χ1v) is 12.2. The SMILES string of the molecule is CC(=O)OCCN1C(=O)C2(CCNCC2)c2ccccc2C1[C@H]1CC[C@@H](C(C)C)CC1. The molecule has 1 saturated carbocycles. The van der Waals surface area contributed by atoms with Crippen LogP contribution < -0.4 is 5.32 Å². The Kier molecular flexibility index (Phi) is 6.71. The predicted molar refractivity (Wildman–Crippen MR) is 122 cm³/mol. The summed E-state index contributed by atoms with van der Waals surface area (Å²) in [5, 5.41) is 3.43. The summed E-state index contributed by atoms with van der Waals surface area (Å²) in [5.74, 6) is 1.94. The first-order chi connectivity index (χ1) is 14.9. The molecule has 2 fully saturated rings. The molecule has 1 aromatic rings. The van der Waals surface area contributed by atoms with Crippen molar-refractivity contribution in [3.8, 4) is 0 Å². The van der Waals surface area contributed by atoms with Gasteiger partial charge in [0, 0.05) is 6.92 Å². The Labute approximate surface area is 186 Å². The minimum atomic E-state index is -0.441. The molecule has 4 rings (SSSR count). The highest BCUT2D eigenvalue weighted by molar-refractivity contribution is 5.91. The van der Waals surface area contributed by atoms with Crippen molar-refractivity contribution in [2.45, 2.75) is 70.8 Å². The summed E-state index contributed by atoms with van der Waals surface area (Å²) in [4.78, 5) is 27.6. The van der Waals surface area contributed by atoms with Crippen molar-refractivity contribution in [1.82, 2.24) is 10.2 Å². The molecule has 170 valence electrons. The van der Waals surface area contributed by atoms with Crippen LogP contribution in [0.25, 0.3) is 0 Å². The number of carbonyl (C=O) groups excluding carboxylic acids is 2. The third kappa shape index (κ3) is 4.26. The lowest BCUT2D eigenvalue weighted by molar-refractivity contribution is -0.150. The minimum Gasteiger partial charge on any atom is -0.464 e. The number of nitrogens with one attached hydrogen (secondary N) is 1. The van der Waals surface area contributed by atoms with Crippen molar-refractivity contribution >= 4 is 11.9 Å². The molecular weight excluding hydrogens is 388 g/mol. The van der Waals surface area contributed by atoms with E-state index in [0.29, 0.717) is 12.5 Å². The molecule has 31 heavy (non-hydrogen) atoms. The van der Waals surface area contributed by atoms with E-state index in [4.69, 9.17) is 4.74 Å². The van der Waals surface area contributed by atoms with Gasteiger partial charge in [-0.15, -0.1) is 0 Å². The van der Waals surface area contributed by atoms with Crippen LogP contribution in [0.1, 0.15) is 76.5 Å². The van der Waals surface area contributed by atoms with Gasteiger partial charge in [0.1, 0.15) is 6.61 Å². The summed E-state index contributed by atoms with van der Waals surface area (Å²) in [7, 11) is 0. The van der Waals surface area contributed by atoms with E-state index in [1.54, 1.807) is 0 Å². The van der Waals surface area contributed by atoms with Crippen molar-refractivity contribution in [3.63, 3.8) is 0 Å². The molecule has 5 heteroatoms. The quantitative estimate of drug-likeness (QED) is 0.717. The zero-order chi connectivity index (χ0) is 22.0. The number of nitrogens with zero attached hydrogens (tertiary/aromatic N) is 1. The Morgan fingerprint density at radius 2 is 1.84 bits per heavy atom. The molecule has 1 aliphatic carbocycles. The van der Waals surface area contributed by atoms with Crippen molar-refractivity contribution < 1.29 is 14.3 Å². The summed E-state index contributed by atoms with van der Waals surface area (Å²) >= 11 is 0. The Hall–Kier alpha value is -1.88. The van der Waals surface area contributed by atoms with Gasteiger partial charge in [-0.2, -0.15) is 0 Å². The molecule has 2 aliphatic heterocycles. The number of rotatable bonds is 5. The minimum absolute atomic E-state index is 0.0906. The van der Waals surface area contributed by atoms with Crippen molar-refractivity contribution in [2.24, 2.45) is 17.8 Å². The monoisotopic (exact) mass is 426 g/mol. The van der Waals surface area contributed by atoms with Crippen LogP contribution in [0.2, 0.25) is 0 Å². The molecule has 2 heterocycles. The third-order valence-electron chi connectivity index (χ3n) is 8.10. The van der Waals surface area contributed by atoms with Crippen LogP contribution in [0.5, 0.6) is 0 Å². The smallest absolute Gasteiger partial charge is 0.302 e. The maximum Gasteiger partial charge on any atom is 0.302 e. The van der Waals surface area contributed by atoms with E-state index in [0.717, 1.165) is 50.6 Å². The largest absolute Gasteiger partial charge is 0.464 e. The molecule has 1 N–H and O–H groups in total. The zero-order valence-electron chi connectivity index (χ0n) is 19.4. The molecule has 1 spiro atoms. The van der Waals surface area contributed by atoms with E-state index < -0.39 is 5.41 Å². The zero-order valence-corrected chi connectivity index (χ0v) is 19.4. The number of amides is 1. The molecule has 3 aliphatic rings. The molecule has 0 aromatic heterocycles. The summed E-state index contributed by atoms with van der Waals surface area (Å²) in [5.41, 5.74) is 2.14. The average molecular weight is 427 g/mol. The second-order valence-electron chi connectivity index (χ2n) is 10.1. The van der Waals surface area contributed by atoms with Crippen LogP contribution in [0, 0.1) is 17.8 Å². The van der Waals surface area contributed by atoms with E-state index in [1.807, 2.05) is 0 Å². The number of benzene rings is 1. The maximum absolute atomic E-state index is 14.1. The summed E-state index contributed by atoms with van der Waals surface area (Å²) in [6.45, 7) is 8.58. The molecule has 1 amide bonds. The number of piperidine rings is 1. The number of hydrogen-bond acceptors (Lipinski definition) is 4. The standard InChI is InChI=1S/C26H38N2O3/c1-18(2)20-8-10-21(11-9-20)24-22-6-4-5-7-23(22)26(12-14-27-15-13-26)25(30)28(24)16-17-31-19(3)29/h4-7,18,20-21,24,27H,8-17H2,1-3H3/t20-,21+,24?. The highest BCUT2D eigenvalue weighted by Gasteiger charge is 2.52. The third-order valence-corrected chi connectivity index (χ3v) is 8.10. The molecular formula is C26H38N2O3. The lowest BCUT2D eigenvalue weighted by atomic mass is 9.64. The number of carbonyl (C=O) groups is 2. The normalized spacial score (nSPS) is 27.9. The van der Waals surface area contributed by atoms with E-state index in [2.05, 4.69) is 48.3 Å². The second-order valence-corrected chi connectivity index (χ2v) is 10.1. The first-order valence-electron chi connectivity index (χ1n) is 12.2.